The Bertz CT molecular complexity index is 665. The van der Waals surface area contributed by atoms with Gasteiger partial charge in [0.05, 0.1) is 25.4 Å². The maximum absolute atomic E-state index is 12.6. The van der Waals surface area contributed by atoms with Crippen molar-refractivity contribution < 1.29 is 23.8 Å². The second-order valence-corrected chi connectivity index (χ2v) is 8.30. The van der Waals surface area contributed by atoms with Crippen molar-refractivity contribution in [1.82, 2.24) is 0 Å². The van der Waals surface area contributed by atoms with E-state index in [0.717, 1.165) is 12.8 Å². The first-order valence-corrected chi connectivity index (χ1v) is 8.69. The fourth-order valence-electron chi connectivity index (χ4n) is 7.59. The number of hydrogen-bond acceptors (Lipinski definition) is 5. The van der Waals surface area contributed by atoms with Crippen LogP contribution in [0.3, 0.4) is 0 Å². The smallest absolute Gasteiger partial charge is 0.334 e. The fraction of sp³-hybridized carbons (Fsp3) is 0.778. The van der Waals surface area contributed by atoms with Gasteiger partial charge in [0.25, 0.3) is 0 Å². The van der Waals surface area contributed by atoms with Crippen molar-refractivity contribution in [3.05, 3.63) is 11.1 Å². The zero-order valence-corrected chi connectivity index (χ0v) is 13.4. The van der Waals surface area contributed by atoms with Gasteiger partial charge in [-0.1, -0.05) is 0 Å². The second kappa shape index (κ2) is 3.37. The van der Waals surface area contributed by atoms with Crippen molar-refractivity contribution in [2.45, 2.75) is 43.3 Å². The molecule has 122 valence electrons. The molecule has 0 amide bonds. The Hall–Kier alpha value is -1.36. The summed E-state index contributed by atoms with van der Waals surface area (Å²) in [5.41, 5.74) is 0.910. The number of hydrogen-bond donors (Lipinski definition) is 0. The summed E-state index contributed by atoms with van der Waals surface area (Å²) in [4.78, 5) is 25.1. The molecule has 0 unspecified atom stereocenters. The van der Waals surface area contributed by atoms with Gasteiger partial charge in [-0.2, -0.15) is 0 Å². The van der Waals surface area contributed by atoms with Crippen molar-refractivity contribution in [1.29, 1.82) is 0 Å². The highest BCUT2D eigenvalue weighted by Gasteiger charge is 2.99. The van der Waals surface area contributed by atoms with Gasteiger partial charge < -0.3 is 14.2 Å². The normalized spacial score (nSPS) is 51.7. The molecule has 6 rings (SSSR count). The second-order valence-electron chi connectivity index (χ2n) is 8.30. The summed E-state index contributed by atoms with van der Waals surface area (Å²) < 4.78 is 16.6. The SMILES string of the molecule is COC(=O)C1=C(C(=O)OC)[C@H]2C3(CC3)[C@H]1[C@@]13O[C@]21[C@H]1CC[C@H]3C1. The largest absolute Gasteiger partial charge is 0.466 e. The van der Waals surface area contributed by atoms with Crippen molar-refractivity contribution >= 4 is 11.9 Å². The Morgan fingerprint density at radius 2 is 1.43 bits per heavy atom. The van der Waals surface area contributed by atoms with E-state index in [1.54, 1.807) is 0 Å². The Morgan fingerprint density at radius 3 is 1.83 bits per heavy atom. The van der Waals surface area contributed by atoms with Crippen molar-refractivity contribution in [3.63, 3.8) is 0 Å². The van der Waals surface area contributed by atoms with Crippen LogP contribution in [-0.2, 0) is 23.8 Å². The number of epoxide rings is 1. The lowest BCUT2D eigenvalue weighted by atomic mass is 9.69. The molecule has 0 aromatic carbocycles. The van der Waals surface area contributed by atoms with Crippen LogP contribution in [0.25, 0.3) is 0 Å². The standard InChI is InChI=1S/C18H20O5/c1-21-14(19)10-11(15(20)22-2)13-16(5-6-16)12(10)17-8-3-4-9(7-8)18(13,17)23-17/h8-9,12-13H,3-7H2,1-2H3/t8-,9-,12-,13-,17+,18+/m0/s1. The molecule has 5 fully saturated rings. The average Bonchev–Trinajstić information content (AvgIpc) is 3.34. The summed E-state index contributed by atoms with van der Waals surface area (Å²) in [6.07, 6.45) is 5.79. The molecule has 4 saturated carbocycles. The molecule has 5 nitrogen and oxygen atoms in total. The highest BCUT2D eigenvalue weighted by molar-refractivity contribution is 6.04. The molecule has 5 aliphatic carbocycles. The number of carbonyl (C=O) groups is 2. The first-order valence-electron chi connectivity index (χ1n) is 8.69. The number of carbonyl (C=O) groups excluding carboxylic acids is 2. The molecule has 1 heterocycles. The number of fused-ring (bicyclic) bond motifs is 2. The molecule has 4 bridgehead atoms. The monoisotopic (exact) mass is 316 g/mol. The van der Waals surface area contributed by atoms with E-state index < -0.39 is 0 Å². The summed E-state index contributed by atoms with van der Waals surface area (Å²) in [5, 5.41) is 0. The molecule has 0 N–H and O–H groups in total. The third-order valence-electron chi connectivity index (χ3n) is 8.07. The van der Waals surface area contributed by atoms with Gasteiger partial charge in [0.15, 0.2) is 0 Å². The minimum atomic E-state index is -0.356. The molecule has 1 spiro atoms. The van der Waals surface area contributed by atoms with E-state index in [4.69, 9.17) is 14.2 Å². The van der Waals surface area contributed by atoms with Crippen molar-refractivity contribution in [2.75, 3.05) is 14.2 Å². The van der Waals surface area contributed by atoms with E-state index in [9.17, 15) is 9.59 Å². The Morgan fingerprint density at radius 1 is 0.957 bits per heavy atom. The average molecular weight is 316 g/mol. The molecular weight excluding hydrogens is 296 g/mol. The summed E-state index contributed by atoms with van der Waals surface area (Å²) in [7, 11) is 2.80. The molecule has 1 aliphatic heterocycles. The summed E-state index contributed by atoms with van der Waals surface area (Å²) >= 11 is 0. The maximum atomic E-state index is 12.6. The first kappa shape index (κ1) is 13.0. The van der Waals surface area contributed by atoms with Crippen LogP contribution in [-0.4, -0.2) is 37.4 Å². The van der Waals surface area contributed by atoms with Crippen LogP contribution in [0.15, 0.2) is 11.1 Å². The van der Waals surface area contributed by atoms with Gasteiger partial charge in [-0.25, -0.2) is 9.59 Å². The van der Waals surface area contributed by atoms with Gasteiger partial charge in [-0.3, -0.25) is 0 Å². The van der Waals surface area contributed by atoms with E-state index in [0.29, 0.717) is 23.0 Å². The van der Waals surface area contributed by atoms with E-state index in [2.05, 4.69) is 0 Å². The predicted molar refractivity (Wildman–Crippen MR) is 77.1 cm³/mol. The first-order chi connectivity index (χ1) is 11.1. The topological polar surface area (TPSA) is 65.1 Å². The molecule has 23 heavy (non-hydrogen) atoms. The summed E-state index contributed by atoms with van der Waals surface area (Å²) in [6, 6.07) is 0. The Balaban J connectivity index is 1.61. The van der Waals surface area contributed by atoms with Gasteiger partial charge >= 0.3 is 11.9 Å². The van der Waals surface area contributed by atoms with Gasteiger partial charge in [0.2, 0.25) is 0 Å². The lowest BCUT2D eigenvalue weighted by Crippen LogP contribution is -2.42. The van der Waals surface area contributed by atoms with Gasteiger partial charge in [-0.15, -0.1) is 0 Å². The highest BCUT2D eigenvalue weighted by atomic mass is 16.6. The molecule has 1 saturated heterocycles. The van der Waals surface area contributed by atoms with E-state index in [-0.39, 0.29) is 40.4 Å². The maximum Gasteiger partial charge on any atom is 0.334 e. The third-order valence-corrected chi connectivity index (χ3v) is 8.07. The molecule has 6 aliphatic rings. The van der Waals surface area contributed by atoms with Crippen LogP contribution in [0.5, 0.6) is 0 Å². The lowest BCUT2D eigenvalue weighted by Gasteiger charge is -2.29. The van der Waals surface area contributed by atoms with Crippen molar-refractivity contribution in [2.24, 2.45) is 29.1 Å². The third kappa shape index (κ3) is 0.978. The molecular formula is C18H20O5. The minimum absolute atomic E-state index is 0.0526. The quantitative estimate of drug-likeness (QED) is 0.572. The number of esters is 2. The van der Waals surface area contributed by atoms with Crippen LogP contribution in [0.1, 0.15) is 32.1 Å². The van der Waals surface area contributed by atoms with E-state index in [1.165, 1.54) is 33.5 Å². The van der Waals surface area contributed by atoms with Gasteiger partial charge in [0.1, 0.15) is 11.2 Å². The predicted octanol–water partition coefficient (Wildman–Crippen LogP) is 1.61. The van der Waals surface area contributed by atoms with Gasteiger partial charge in [0, 0.05) is 11.8 Å². The molecule has 0 radical (unpaired) electrons. The molecule has 0 aromatic heterocycles. The lowest BCUT2D eigenvalue weighted by molar-refractivity contribution is -0.140. The zero-order chi connectivity index (χ0) is 15.8. The fourth-order valence-corrected chi connectivity index (χ4v) is 7.59. The van der Waals surface area contributed by atoms with Crippen LogP contribution in [0.4, 0.5) is 0 Å². The van der Waals surface area contributed by atoms with Crippen LogP contribution in [0.2, 0.25) is 0 Å². The highest BCUT2D eigenvalue weighted by Crippen LogP contribution is 2.93. The number of methoxy groups -OCH3 is 2. The van der Waals surface area contributed by atoms with E-state index in [1.807, 2.05) is 0 Å². The summed E-state index contributed by atoms with van der Waals surface area (Å²) in [6.45, 7) is 0. The number of ether oxygens (including phenoxy) is 3. The molecule has 5 heteroatoms. The summed E-state index contributed by atoms with van der Waals surface area (Å²) in [5.74, 6) is 0.502. The molecule has 6 atom stereocenters. The Labute approximate surface area is 134 Å². The van der Waals surface area contributed by atoms with Crippen LogP contribution >= 0.6 is 0 Å². The minimum Gasteiger partial charge on any atom is -0.466 e. The van der Waals surface area contributed by atoms with Crippen LogP contribution < -0.4 is 0 Å². The molecule has 0 aromatic rings. The number of rotatable bonds is 2. The van der Waals surface area contributed by atoms with Crippen molar-refractivity contribution in [3.8, 4) is 0 Å². The van der Waals surface area contributed by atoms with Gasteiger partial charge in [-0.05, 0) is 49.4 Å². The Kier molecular flexibility index (Phi) is 1.90. The zero-order valence-electron chi connectivity index (χ0n) is 13.4. The van der Waals surface area contributed by atoms with Crippen LogP contribution in [0, 0.1) is 29.1 Å². The van der Waals surface area contributed by atoms with E-state index >= 15 is 0 Å².